The fraction of sp³-hybridized carbons (Fsp3) is 0.543. The molecule has 1 aromatic carbocycles. The summed E-state index contributed by atoms with van der Waals surface area (Å²) in [7, 11) is 0. The standard InChI is InChI=1S/C35H39F4N7O3/c1-19-14-23-22(16-41-46(23)24-8-5-6-13-47-24)25(27(19)35(37,38)39)29-28-21(9-11-40-29)26-30(42-28)43-32(44-31(26)49-33(2,3)4)48-18-34-10-7-12-45(34)17-20(36)15-34/h9,11,14,16,20,24H,5-8,10,12-13,15,17-18H2,1-4H3,(H,42,43,44)/t20-,24?,34+/m1/s1. The summed E-state index contributed by atoms with van der Waals surface area (Å²) in [5.74, 6) is 0.221. The van der Waals surface area contributed by atoms with E-state index in [0.717, 1.165) is 38.6 Å². The highest BCUT2D eigenvalue weighted by Gasteiger charge is 2.49. The third kappa shape index (κ3) is 5.56. The first-order valence-electron chi connectivity index (χ1n) is 16.9. The van der Waals surface area contributed by atoms with Gasteiger partial charge in [0.25, 0.3) is 0 Å². The number of fused-ring (bicyclic) bond motifs is 5. The van der Waals surface area contributed by atoms with E-state index in [-0.39, 0.29) is 41.5 Å². The average molecular weight is 682 g/mol. The van der Waals surface area contributed by atoms with Crippen LogP contribution in [0.15, 0.2) is 24.5 Å². The number of aromatic amines is 1. The minimum atomic E-state index is -4.68. The SMILES string of the molecule is Cc1cc2c(cnn2C2CCCCO2)c(-c2nccc3c2[nH]c2nc(OC[C@@]45CCCN4C[C@H](F)C5)nc(OC(C)(C)C)c23)c1C(F)(F)F. The summed E-state index contributed by atoms with van der Waals surface area (Å²) in [5.41, 5.74) is -0.587. The average Bonchev–Trinajstić information content (AvgIpc) is 3.79. The molecule has 5 aromatic rings. The van der Waals surface area contributed by atoms with Gasteiger partial charge >= 0.3 is 12.2 Å². The number of ether oxygens (including phenoxy) is 3. The zero-order valence-electron chi connectivity index (χ0n) is 28.0. The molecule has 0 spiro atoms. The number of hydrogen-bond acceptors (Lipinski definition) is 8. The van der Waals surface area contributed by atoms with E-state index in [2.05, 4.69) is 29.9 Å². The van der Waals surface area contributed by atoms with Gasteiger partial charge in [0, 0.05) is 42.1 Å². The van der Waals surface area contributed by atoms with Crippen LogP contribution in [0.4, 0.5) is 17.6 Å². The summed E-state index contributed by atoms with van der Waals surface area (Å²) in [4.78, 5) is 19.3. The van der Waals surface area contributed by atoms with Crippen molar-refractivity contribution in [2.24, 2.45) is 0 Å². The first-order valence-corrected chi connectivity index (χ1v) is 16.9. The molecule has 0 bridgehead atoms. The van der Waals surface area contributed by atoms with Crippen LogP contribution < -0.4 is 9.47 Å². The number of aryl methyl sites for hydroxylation is 1. The number of nitrogens with zero attached hydrogens (tertiary/aromatic N) is 6. The zero-order chi connectivity index (χ0) is 34.3. The van der Waals surface area contributed by atoms with Gasteiger partial charge in [0.15, 0.2) is 6.23 Å². The van der Waals surface area contributed by atoms with Crippen molar-refractivity contribution in [1.82, 2.24) is 34.6 Å². The number of halogens is 4. The van der Waals surface area contributed by atoms with Gasteiger partial charge in [-0.05, 0) is 84.0 Å². The van der Waals surface area contributed by atoms with E-state index in [1.165, 1.54) is 25.4 Å². The number of aromatic nitrogens is 6. The van der Waals surface area contributed by atoms with E-state index in [9.17, 15) is 17.6 Å². The molecule has 3 fully saturated rings. The Hall–Kier alpha value is -4.04. The number of benzene rings is 1. The molecule has 4 aromatic heterocycles. The summed E-state index contributed by atoms with van der Waals surface area (Å²) >= 11 is 0. The molecule has 7 heterocycles. The van der Waals surface area contributed by atoms with Crippen LogP contribution in [0, 0.1) is 6.92 Å². The molecule has 0 aliphatic carbocycles. The summed E-state index contributed by atoms with van der Waals surface area (Å²) < 4.78 is 79.5. The van der Waals surface area contributed by atoms with Crippen molar-refractivity contribution in [3.8, 4) is 23.1 Å². The molecular weight excluding hydrogens is 642 g/mol. The molecular formula is C35H39F4N7O3. The third-order valence-corrected chi connectivity index (χ3v) is 10.0. The molecule has 49 heavy (non-hydrogen) atoms. The van der Waals surface area contributed by atoms with Crippen molar-refractivity contribution >= 4 is 32.8 Å². The van der Waals surface area contributed by atoms with Gasteiger partial charge in [0.2, 0.25) is 5.88 Å². The molecule has 1 N–H and O–H groups in total. The zero-order valence-corrected chi connectivity index (χ0v) is 28.0. The van der Waals surface area contributed by atoms with Crippen LogP contribution in [0.3, 0.4) is 0 Å². The van der Waals surface area contributed by atoms with Crippen LogP contribution in [0.1, 0.15) is 76.7 Å². The van der Waals surface area contributed by atoms with Crippen LogP contribution in [-0.4, -0.2) is 78.2 Å². The van der Waals surface area contributed by atoms with Crippen molar-refractivity contribution in [2.45, 2.75) is 95.9 Å². The van der Waals surface area contributed by atoms with Gasteiger partial charge in [-0.25, -0.2) is 9.07 Å². The lowest BCUT2D eigenvalue weighted by Crippen LogP contribution is -2.43. The summed E-state index contributed by atoms with van der Waals surface area (Å²) in [6.45, 7) is 9.08. The van der Waals surface area contributed by atoms with Crippen molar-refractivity contribution in [3.63, 3.8) is 0 Å². The molecule has 3 atom stereocenters. The van der Waals surface area contributed by atoms with Crippen LogP contribution in [0.5, 0.6) is 11.9 Å². The van der Waals surface area contributed by atoms with E-state index in [1.54, 1.807) is 10.7 Å². The Morgan fingerprint density at radius 3 is 2.71 bits per heavy atom. The van der Waals surface area contributed by atoms with Crippen molar-refractivity contribution in [1.29, 1.82) is 0 Å². The monoisotopic (exact) mass is 681 g/mol. The van der Waals surface area contributed by atoms with E-state index >= 15 is 0 Å². The molecule has 1 unspecified atom stereocenters. The predicted octanol–water partition coefficient (Wildman–Crippen LogP) is 7.68. The van der Waals surface area contributed by atoms with Gasteiger partial charge in [-0.1, -0.05) is 0 Å². The van der Waals surface area contributed by atoms with Crippen molar-refractivity contribution in [2.75, 3.05) is 26.3 Å². The molecule has 0 radical (unpaired) electrons. The maximum atomic E-state index is 14.9. The quantitative estimate of drug-likeness (QED) is 0.182. The second kappa shape index (κ2) is 11.5. The van der Waals surface area contributed by atoms with Crippen molar-refractivity contribution in [3.05, 3.63) is 35.7 Å². The topological polar surface area (TPSA) is 103 Å². The normalized spacial score (nSPS) is 23.6. The highest BCUT2D eigenvalue weighted by molar-refractivity contribution is 6.14. The van der Waals surface area contributed by atoms with Gasteiger partial charge in [-0.2, -0.15) is 28.2 Å². The second-order valence-corrected chi connectivity index (χ2v) is 14.6. The van der Waals surface area contributed by atoms with Gasteiger partial charge in [0.05, 0.1) is 39.4 Å². The maximum absolute atomic E-state index is 14.9. The highest BCUT2D eigenvalue weighted by atomic mass is 19.4. The Labute approximate surface area is 280 Å². The summed E-state index contributed by atoms with van der Waals surface area (Å²) in [6.07, 6.45) is 1.75. The minimum absolute atomic E-state index is 0.0408. The molecule has 260 valence electrons. The largest absolute Gasteiger partial charge is 0.471 e. The number of alkyl halides is 4. The van der Waals surface area contributed by atoms with Gasteiger partial charge in [-0.3, -0.25) is 9.88 Å². The Morgan fingerprint density at radius 1 is 1.12 bits per heavy atom. The number of rotatable bonds is 6. The molecule has 0 saturated carbocycles. The fourth-order valence-electron chi connectivity index (χ4n) is 8.01. The Kier molecular flexibility index (Phi) is 7.56. The van der Waals surface area contributed by atoms with Crippen molar-refractivity contribution < 1.29 is 31.8 Å². The molecule has 3 aliphatic heterocycles. The molecule has 3 saturated heterocycles. The fourth-order valence-corrected chi connectivity index (χ4v) is 8.01. The number of nitrogens with one attached hydrogen (secondary N) is 1. The molecule has 3 aliphatic rings. The molecule has 10 nitrogen and oxygen atoms in total. The molecule has 8 rings (SSSR count). The van der Waals surface area contributed by atoms with E-state index in [0.29, 0.717) is 52.4 Å². The van der Waals surface area contributed by atoms with Gasteiger partial charge < -0.3 is 19.2 Å². The van der Waals surface area contributed by atoms with E-state index in [4.69, 9.17) is 14.2 Å². The second-order valence-electron chi connectivity index (χ2n) is 14.6. The number of H-pyrrole nitrogens is 1. The maximum Gasteiger partial charge on any atom is 0.417 e. The molecule has 14 heteroatoms. The first-order chi connectivity index (χ1) is 23.3. The van der Waals surface area contributed by atoms with E-state index in [1.807, 2.05) is 20.8 Å². The Morgan fingerprint density at radius 2 is 1.96 bits per heavy atom. The predicted molar refractivity (Wildman–Crippen MR) is 175 cm³/mol. The van der Waals surface area contributed by atoms with Crippen LogP contribution in [-0.2, 0) is 10.9 Å². The summed E-state index contributed by atoms with van der Waals surface area (Å²) in [6, 6.07) is 3.29. The minimum Gasteiger partial charge on any atom is -0.471 e. The smallest absolute Gasteiger partial charge is 0.417 e. The van der Waals surface area contributed by atoms with Crippen LogP contribution in [0.2, 0.25) is 0 Å². The number of hydrogen-bond donors (Lipinski definition) is 1. The highest BCUT2D eigenvalue weighted by Crippen LogP contribution is 2.47. The Bertz CT molecular complexity index is 2060. The third-order valence-electron chi connectivity index (χ3n) is 10.0. The molecule has 0 amide bonds. The van der Waals surface area contributed by atoms with Crippen LogP contribution in [0.25, 0.3) is 44.1 Å². The van der Waals surface area contributed by atoms with Gasteiger partial charge in [-0.15, -0.1) is 0 Å². The lowest BCUT2D eigenvalue weighted by atomic mass is 9.94. The van der Waals surface area contributed by atoms with E-state index < -0.39 is 29.1 Å². The Balaban J connectivity index is 1.30. The summed E-state index contributed by atoms with van der Waals surface area (Å²) in [5, 5.41) is 5.90. The van der Waals surface area contributed by atoms with Gasteiger partial charge in [0.1, 0.15) is 24.0 Å². The lowest BCUT2D eigenvalue weighted by molar-refractivity contribution is -0.137. The number of pyridine rings is 1. The van der Waals surface area contributed by atoms with Crippen LogP contribution >= 0.6 is 0 Å². The first kappa shape index (κ1) is 32.2. The lowest BCUT2D eigenvalue weighted by Gasteiger charge is -2.30.